The highest BCUT2D eigenvalue weighted by Crippen LogP contribution is 2.25. The molecule has 0 aliphatic heterocycles. The molecule has 0 aromatic heterocycles. The summed E-state index contributed by atoms with van der Waals surface area (Å²) >= 11 is 3.53. The van der Waals surface area contributed by atoms with Gasteiger partial charge >= 0.3 is 0 Å². The van der Waals surface area contributed by atoms with E-state index < -0.39 is 0 Å². The Morgan fingerprint density at radius 1 is 1.33 bits per heavy atom. The van der Waals surface area contributed by atoms with E-state index in [1.165, 1.54) is 5.56 Å². The summed E-state index contributed by atoms with van der Waals surface area (Å²) in [7, 11) is 3.70. The molecule has 1 amide bonds. The summed E-state index contributed by atoms with van der Waals surface area (Å²) in [6.07, 6.45) is 0. The summed E-state index contributed by atoms with van der Waals surface area (Å²) < 4.78 is 1.05. The SMILES string of the molecule is CNC(=O)C(C)CN(C)c1cc(Br)ccc1CNC(C)C. The number of benzene rings is 1. The van der Waals surface area contributed by atoms with E-state index in [0.29, 0.717) is 12.6 Å². The first kappa shape index (κ1) is 18.0. The number of hydrogen-bond donors (Lipinski definition) is 2. The molecule has 1 atom stereocenters. The van der Waals surface area contributed by atoms with Crippen molar-refractivity contribution in [2.45, 2.75) is 33.4 Å². The second-order valence-electron chi connectivity index (χ2n) is 5.70. The Hall–Kier alpha value is -1.07. The number of nitrogens with one attached hydrogen (secondary N) is 2. The zero-order chi connectivity index (χ0) is 16.0. The Morgan fingerprint density at radius 3 is 2.57 bits per heavy atom. The number of rotatable bonds is 7. The number of amides is 1. The van der Waals surface area contributed by atoms with E-state index in [2.05, 4.69) is 63.5 Å². The van der Waals surface area contributed by atoms with Crippen LogP contribution in [0.2, 0.25) is 0 Å². The Labute approximate surface area is 136 Å². The average molecular weight is 356 g/mol. The van der Waals surface area contributed by atoms with Crippen molar-refractivity contribution in [2.24, 2.45) is 5.92 Å². The van der Waals surface area contributed by atoms with Gasteiger partial charge in [-0.3, -0.25) is 4.79 Å². The Kier molecular flexibility index (Phi) is 7.18. The van der Waals surface area contributed by atoms with Gasteiger partial charge in [-0.25, -0.2) is 0 Å². The quantitative estimate of drug-likeness (QED) is 0.790. The largest absolute Gasteiger partial charge is 0.374 e. The highest BCUT2D eigenvalue weighted by atomic mass is 79.9. The summed E-state index contributed by atoms with van der Waals surface area (Å²) in [6, 6.07) is 6.72. The average Bonchev–Trinajstić information content (AvgIpc) is 2.44. The van der Waals surface area contributed by atoms with Gasteiger partial charge in [0.1, 0.15) is 0 Å². The van der Waals surface area contributed by atoms with Gasteiger partial charge in [-0.1, -0.05) is 42.8 Å². The molecule has 0 radical (unpaired) electrons. The van der Waals surface area contributed by atoms with Gasteiger partial charge in [0.05, 0.1) is 5.92 Å². The zero-order valence-corrected chi connectivity index (χ0v) is 15.1. The van der Waals surface area contributed by atoms with Crippen LogP contribution in [0.3, 0.4) is 0 Å². The highest BCUT2D eigenvalue weighted by Gasteiger charge is 2.16. The lowest BCUT2D eigenvalue weighted by molar-refractivity contribution is -0.123. The summed E-state index contributed by atoms with van der Waals surface area (Å²) in [6.45, 7) is 7.72. The second-order valence-corrected chi connectivity index (χ2v) is 6.62. The van der Waals surface area contributed by atoms with Gasteiger partial charge in [0.25, 0.3) is 0 Å². The van der Waals surface area contributed by atoms with Crippen LogP contribution in [0.5, 0.6) is 0 Å². The molecule has 118 valence electrons. The molecular weight excluding hydrogens is 330 g/mol. The molecule has 1 rings (SSSR count). The van der Waals surface area contributed by atoms with Crippen LogP contribution in [0.15, 0.2) is 22.7 Å². The van der Waals surface area contributed by atoms with Crippen LogP contribution in [0.1, 0.15) is 26.3 Å². The molecule has 0 bridgehead atoms. The van der Waals surface area contributed by atoms with Gasteiger partial charge in [0, 0.05) is 43.4 Å². The lowest BCUT2D eigenvalue weighted by Gasteiger charge is -2.26. The monoisotopic (exact) mass is 355 g/mol. The molecule has 1 aromatic rings. The molecule has 0 spiro atoms. The summed E-state index contributed by atoms with van der Waals surface area (Å²) in [5.74, 6) is 0.0172. The standard InChI is InChI=1S/C16H26BrN3O/c1-11(2)19-9-13-6-7-14(17)8-15(13)20(5)10-12(3)16(21)18-4/h6-8,11-12,19H,9-10H2,1-5H3,(H,18,21). The van der Waals surface area contributed by atoms with Gasteiger partial charge in [-0.15, -0.1) is 0 Å². The van der Waals surface area contributed by atoms with Crippen molar-refractivity contribution < 1.29 is 4.79 Å². The van der Waals surface area contributed by atoms with Crippen LogP contribution in [-0.4, -0.2) is 32.6 Å². The molecular formula is C16H26BrN3O. The third kappa shape index (κ3) is 5.67. The molecule has 0 fully saturated rings. The Morgan fingerprint density at radius 2 is 2.00 bits per heavy atom. The second kappa shape index (κ2) is 8.39. The third-order valence-electron chi connectivity index (χ3n) is 3.40. The smallest absolute Gasteiger partial charge is 0.224 e. The van der Waals surface area contributed by atoms with Crippen LogP contribution in [0.4, 0.5) is 5.69 Å². The van der Waals surface area contributed by atoms with Crippen LogP contribution < -0.4 is 15.5 Å². The van der Waals surface area contributed by atoms with E-state index in [-0.39, 0.29) is 11.8 Å². The number of halogens is 1. The highest BCUT2D eigenvalue weighted by molar-refractivity contribution is 9.10. The predicted octanol–water partition coefficient (Wildman–Crippen LogP) is 2.77. The minimum absolute atomic E-state index is 0.0510. The van der Waals surface area contributed by atoms with Gasteiger partial charge in [0.2, 0.25) is 5.91 Å². The first-order valence-corrected chi connectivity index (χ1v) is 8.09. The van der Waals surface area contributed by atoms with Gasteiger partial charge < -0.3 is 15.5 Å². The maximum Gasteiger partial charge on any atom is 0.224 e. The molecule has 0 aliphatic rings. The molecule has 4 nitrogen and oxygen atoms in total. The van der Waals surface area contributed by atoms with E-state index in [1.807, 2.05) is 14.0 Å². The van der Waals surface area contributed by atoms with Crippen molar-refractivity contribution >= 4 is 27.5 Å². The van der Waals surface area contributed by atoms with Gasteiger partial charge in [0.15, 0.2) is 0 Å². The van der Waals surface area contributed by atoms with Crippen LogP contribution in [-0.2, 0) is 11.3 Å². The molecule has 5 heteroatoms. The Bertz CT molecular complexity index is 477. The van der Waals surface area contributed by atoms with E-state index in [9.17, 15) is 4.79 Å². The fourth-order valence-corrected chi connectivity index (χ4v) is 2.54. The topological polar surface area (TPSA) is 44.4 Å². The number of carbonyl (C=O) groups excluding carboxylic acids is 1. The van der Waals surface area contributed by atoms with Crippen LogP contribution in [0.25, 0.3) is 0 Å². The number of carbonyl (C=O) groups is 1. The molecule has 2 N–H and O–H groups in total. The molecule has 0 saturated heterocycles. The molecule has 1 aromatic carbocycles. The summed E-state index contributed by atoms with van der Waals surface area (Å²) in [5.41, 5.74) is 2.38. The van der Waals surface area contributed by atoms with Crippen molar-refractivity contribution in [1.29, 1.82) is 0 Å². The van der Waals surface area contributed by atoms with Crippen molar-refractivity contribution in [3.05, 3.63) is 28.2 Å². The number of hydrogen-bond acceptors (Lipinski definition) is 3. The minimum atomic E-state index is -0.0510. The number of anilines is 1. The van der Waals surface area contributed by atoms with E-state index in [0.717, 1.165) is 16.7 Å². The molecule has 21 heavy (non-hydrogen) atoms. The number of nitrogens with zero attached hydrogens (tertiary/aromatic N) is 1. The lowest BCUT2D eigenvalue weighted by Crippen LogP contribution is -2.35. The molecule has 1 unspecified atom stereocenters. The molecule has 0 aliphatic carbocycles. The van der Waals surface area contributed by atoms with Crippen molar-refractivity contribution in [1.82, 2.24) is 10.6 Å². The fraction of sp³-hybridized carbons (Fsp3) is 0.562. The first-order chi connectivity index (χ1) is 9.85. The van der Waals surface area contributed by atoms with E-state index in [4.69, 9.17) is 0 Å². The maximum atomic E-state index is 11.7. The van der Waals surface area contributed by atoms with Crippen LogP contribution in [0, 0.1) is 5.92 Å². The fourth-order valence-electron chi connectivity index (χ4n) is 2.19. The van der Waals surface area contributed by atoms with Crippen molar-refractivity contribution in [3.63, 3.8) is 0 Å². The van der Waals surface area contributed by atoms with Crippen molar-refractivity contribution in [2.75, 3.05) is 25.5 Å². The normalized spacial score (nSPS) is 12.3. The van der Waals surface area contributed by atoms with E-state index in [1.54, 1.807) is 7.05 Å². The third-order valence-corrected chi connectivity index (χ3v) is 3.89. The predicted molar refractivity (Wildman–Crippen MR) is 92.6 cm³/mol. The lowest BCUT2D eigenvalue weighted by atomic mass is 10.1. The Balaban J connectivity index is 2.88. The minimum Gasteiger partial charge on any atom is -0.374 e. The van der Waals surface area contributed by atoms with Gasteiger partial charge in [-0.2, -0.15) is 0 Å². The van der Waals surface area contributed by atoms with Crippen molar-refractivity contribution in [3.8, 4) is 0 Å². The van der Waals surface area contributed by atoms with Gasteiger partial charge in [-0.05, 0) is 17.7 Å². The first-order valence-electron chi connectivity index (χ1n) is 7.29. The maximum absolute atomic E-state index is 11.7. The summed E-state index contributed by atoms with van der Waals surface area (Å²) in [4.78, 5) is 13.8. The van der Waals surface area contributed by atoms with E-state index >= 15 is 0 Å². The molecule has 0 saturated carbocycles. The summed E-state index contributed by atoms with van der Waals surface area (Å²) in [5, 5.41) is 6.14. The zero-order valence-electron chi connectivity index (χ0n) is 13.5. The van der Waals surface area contributed by atoms with Crippen LogP contribution >= 0.6 is 15.9 Å². The molecule has 0 heterocycles.